The largest absolute Gasteiger partial charge is 0.391 e. The number of carbonyl (C=O) groups is 1. The number of carbonyl (C=O) groups excluding carboxylic acids is 1. The third-order valence-corrected chi connectivity index (χ3v) is 3.64. The van der Waals surface area contributed by atoms with Crippen molar-refractivity contribution in [2.24, 2.45) is 0 Å². The van der Waals surface area contributed by atoms with Crippen LogP contribution in [0.25, 0.3) is 0 Å². The Morgan fingerprint density at radius 3 is 2.07 bits per heavy atom. The van der Waals surface area contributed by atoms with Crippen molar-refractivity contribution in [2.45, 2.75) is 46.0 Å². The molecule has 0 aliphatic heterocycles. The topological polar surface area (TPSA) is 66.0 Å². The van der Waals surface area contributed by atoms with E-state index in [1.807, 2.05) is 12.3 Å². The highest BCUT2D eigenvalue weighted by atomic mass is 16.6. The minimum absolute atomic E-state index is 0.141. The van der Waals surface area contributed by atoms with Crippen molar-refractivity contribution in [3.05, 3.63) is 24.4 Å². The summed E-state index contributed by atoms with van der Waals surface area (Å²) in [4.78, 5) is 10.7. The van der Waals surface area contributed by atoms with Crippen LogP contribution in [0.5, 0.6) is 0 Å². The number of hydrogen-bond acceptors (Lipinski definition) is 6. The van der Waals surface area contributed by atoms with Gasteiger partial charge in [-0.1, -0.05) is 25.8 Å². The van der Waals surface area contributed by atoms with Crippen LogP contribution < -0.4 is 5.32 Å². The van der Waals surface area contributed by atoms with Gasteiger partial charge in [-0.25, -0.2) is 0 Å². The average molecular weight is 386 g/mol. The van der Waals surface area contributed by atoms with Crippen molar-refractivity contribution in [2.75, 3.05) is 59.4 Å². The van der Waals surface area contributed by atoms with Gasteiger partial charge in [0.2, 0.25) is 0 Å². The quantitative estimate of drug-likeness (QED) is 0.242. The van der Waals surface area contributed by atoms with Crippen molar-refractivity contribution >= 4 is 5.78 Å². The molecule has 6 heteroatoms. The molecular weight excluding hydrogens is 346 g/mol. The van der Waals surface area contributed by atoms with Gasteiger partial charge in [0.05, 0.1) is 52.9 Å². The van der Waals surface area contributed by atoms with Crippen LogP contribution in [0.1, 0.15) is 46.0 Å². The number of ether oxygens (including phenoxy) is 4. The van der Waals surface area contributed by atoms with E-state index < -0.39 is 0 Å². The van der Waals surface area contributed by atoms with Crippen LogP contribution in [0, 0.1) is 0 Å². The first-order valence-electron chi connectivity index (χ1n) is 10.0. The van der Waals surface area contributed by atoms with Gasteiger partial charge in [-0.3, -0.25) is 4.79 Å². The Balaban J connectivity index is 3.45. The van der Waals surface area contributed by atoms with E-state index in [0.29, 0.717) is 59.3 Å². The van der Waals surface area contributed by atoms with Crippen molar-refractivity contribution in [1.29, 1.82) is 0 Å². The van der Waals surface area contributed by atoms with Crippen LogP contribution in [0.2, 0.25) is 0 Å². The number of unbranched alkanes of at least 4 members (excludes halogenated alkanes) is 2. The summed E-state index contributed by atoms with van der Waals surface area (Å²) in [6.45, 7) is 12.8. The molecule has 0 aliphatic rings. The molecule has 0 aliphatic carbocycles. The standard InChI is InChI=1S/C21H39NO5/c1-4-6-7-10-22-18-21(8-5-2)19-27-17-16-26-15-14-25-13-12-24-11-9-20(3)23/h5,18,22H,2,4,6-17,19H2,1,3H3/b21-18+. The van der Waals surface area contributed by atoms with Gasteiger partial charge in [-0.2, -0.15) is 0 Å². The SMILES string of the molecule is C=CC/C(=C\NCCCCC)COCCOCCOCCOCCC(C)=O. The Kier molecular flexibility index (Phi) is 20.1. The fourth-order valence-electron chi connectivity index (χ4n) is 2.12. The maximum atomic E-state index is 10.7. The van der Waals surface area contributed by atoms with Gasteiger partial charge >= 0.3 is 0 Å². The lowest BCUT2D eigenvalue weighted by Gasteiger charge is -2.09. The number of nitrogens with one attached hydrogen (secondary N) is 1. The second-order valence-corrected chi connectivity index (χ2v) is 6.30. The van der Waals surface area contributed by atoms with Crippen molar-refractivity contribution in [1.82, 2.24) is 5.32 Å². The summed E-state index contributed by atoms with van der Waals surface area (Å²) in [5, 5.41) is 3.34. The molecule has 158 valence electrons. The number of ketones is 1. The predicted octanol–water partition coefficient (Wildman–Crippen LogP) is 3.27. The molecule has 0 saturated heterocycles. The molecule has 0 aromatic carbocycles. The van der Waals surface area contributed by atoms with Crippen LogP contribution >= 0.6 is 0 Å². The van der Waals surface area contributed by atoms with Crippen LogP contribution in [-0.4, -0.2) is 65.2 Å². The van der Waals surface area contributed by atoms with Crippen LogP contribution in [0.3, 0.4) is 0 Å². The van der Waals surface area contributed by atoms with Gasteiger partial charge in [0.1, 0.15) is 5.78 Å². The average Bonchev–Trinajstić information content (AvgIpc) is 2.64. The van der Waals surface area contributed by atoms with Crippen molar-refractivity contribution in [3.8, 4) is 0 Å². The minimum atomic E-state index is 0.141. The van der Waals surface area contributed by atoms with Crippen LogP contribution in [0.4, 0.5) is 0 Å². The zero-order valence-electron chi connectivity index (χ0n) is 17.3. The van der Waals surface area contributed by atoms with E-state index >= 15 is 0 Å². The molecule has 0 unspecified atom stereocenters. The summed E-state index contributed by atoms with van der Waals surface area (Å²) in [5.41, 5.74) is 1.19. The molecule has 0 radical (unpaired) electrons. The van der Waals surface area contributed by atoms with Crippen molar-refractivity contribution in [3.63, 3.8) is 0 Å². The summed E-state index contributed by atoms with van der Waals surface area (Å²) in [7, 11) is 0. The lowest BCUT2D eigenvalue weighted by Crippen LogP contribution is -2.14. The number of hydrogen-bond donors (Lipinski definition) is 1. The molecule has 0 amide bonds. The summed E-state index contributed by atoms with van der Waals surface area (Å²) < 4.78 is 21.8. The summed E-state index contributed by atoms with van der Waals surface area (Å²) in [6.07, 6.45) is 8.89. The van der Waals surface area contributed by atoms with Gasteiger partial charge in [0.15, 0.2) is 0 Å². The van der Waals surface area contributed by atoms with Gasteiger partial charge in [-0.15, -0.1) is 6.58 Å². The fraction of sp³-hybridized carbons (Fsp3) is 0.762. The van der Waals surface area contributed by atoms with E-state index in [0.717, 1.165) is 13.0 Å². The summed E-state index contributed by atoms with van der Waals surface area (Å²) in [5.74, 6) is 0.141. The fourth-order valence-corrected chi connectivity index (χ4v) is 2.12. The van der Waals surface area contributed by atoms with Gasteiger partial charge in [-0.05, 0) is 31.5 Å². The first kappa shape index (κ1) is 25.8. The van der Waals surface area contributed by atoms with Crippen LogP contribution in [0.15, 0.2) is 24.4 Å². The van der Waals surface area contributed by atoms with E-state index in [4.69, 9.17) is 18.9 Å². The third kappa shape index (κ3) is 21.0. The minimum Gasteiger partial charge on any atom is -0.391 e. The molecule has 0 bridgehead atoms. The molecule has 0 saturated carbocycles. The molecule has 0 atom stereocenters. The Hall–Kier alpha value is -1.21. The normalized spacial score (nSPS) is 11.6. The highest BCUT2D eigenvalue weighted by Gasteiger charge is 1.97. The summed E-state index contributed by atoms with van der Waals surface area (Å²) in [6, 6.07) is 0. The Bertz CT molecular complexity index is 385. The number of allylic oxidation sites excluding steroid dienone is 1. The molecule has 27 heavy (non-hydrogen) atoms. The van der Waals surface area contributed by atoms with E-state index in [1.54, 1.807) is 6.92 Å². The molecule has 0 spiro atoms. The molecule has 0 heterocycles. The second-order valence-electron chi connectivity index (χ2n) is 6.30. The van der Waals surface area contributed by atoms with Gasteiger partial charge in [0, 0.05) is 13.0 Å². The Morgan fingerprint density at radius 1 is 0.926 bits per heavy atom. The van der Waals surface area contributed by atoms with Crippen LogP contribution in [-0.2, 0) is 23.7 Å². The molecule has 0 aromatic heterocycles. The lowest BCUT2D eigenvalue weighted by molar-refractivity contribution is -0.118. The van der Waals surface area contributed by atoms with Gasteiger partial charge in [0.25, 0.3) is 0 Å². The molecule has 0 aromatic rings. The van der Waals surface area contributed by atoms with E-state index in [1.165, 1.54) is 24.8 Å². The molecule has 0 rings (SSSR count). The highest BCUT2D eigenvalue weighted by Crippen LogP contribution is 2.02. The van der Waals surface area contributed by atoms with E-state index in [9.17, 15) is 4.79 Å². The maximum absolute atomic E-state index is 10.7. The number of rotatable bonds is 21. The highest BCUT2D eigenvalue weighted by molar-refractivity contribution is 5.75. The van der Waals surface area contributed by atoms with Gasteiger partial charge < -0.3 is 24.3 Å². The lowest BCUT2D eigenvalue weighted by atomic mass is 10.2. The third-order valence-electron chi connectivity index (χ3n) is 3.64. The zero-order valence-corrected chi connectivity index (χ0v) is 17.3. The molecule has 0 fully saturated rings. The predicted molar refractivity (Wildman–Crippen MR) is 109 cm³/mol. The van der Waals surface area contributed by atoms with Crippen molar-refractivity contribution < 1.29 is 23.7 Å². The Labute approximate surface area is 165 Å². The van der Waals surface area contributed by atoms with E-state index in [-0.39, 0.29) is 5.78 Å². The Morgan fingerprint density at radius 2 is 1.52 bits per heavy atom. The molecule has 6 nitrogen and oxygen atoms in total. The summed E-state index contributed by atoms with van der Waals surface area (Å²) >= 11 is 0. The zero-order chi connectivity index (χ0) is 20.0. The van der Waals surface area contributed by atoms with E-state index in [2.05, 4.69) is 18.8 Å². The number of Topliss-reactive ketones (excluding diaryl/α,β-unsaturated/α-hetero) is 1. The second kappa shape index (κ2) is 21.1. The first-order chi connectivity index (χ1) is 13.2. The molecular formula is C21H39NO5. The maximum Gasteiger partial charge on any atom is 0.132 e. The smallest absolute Gasteiger partial charge is 0.132 e. The molecule has 1 N–H and O–H groups in total. The first-order valence-corrected chi connectivity index (χ1v) is 10.0. The monoisotopic (exact) mass is 385 g/mol.